The molecule has 2 aliphatic rings. The molecule has 4 N–H and O–H groups in total. The maximum absolute atomic E-state index is 11.6. The van der Waals surface area contributed by atoms with E-state index in [-0.39, 0.29) is 19.3 Å². The summed E-state index contributed by atoms with van der Waals surface area (Å²) in [6.45, 7) is 1.13. The first-order chi connectivity index (χ1) is 14.9. The number of aromatic nitrogens is 4. The minimum absolute atomic E-state index is 0.0656. The lowest BCUT2D eigenvalue weighted by Gasteiger charge is -2.19. The predicted octanol–water partition coefficient (Wildman–Crippen LogP) is 2.39. The van der Waals surface area contributed by atoms with Gasteiger partial charge in [0.1, 0.15) is 12.4 Å². The summed E-state index contributed by atoms with van der Waals surface area (Å²) in [5.74, 6) is -0.208. The van der Waals surface area contributed by atoms with Gasteiger partial charge in [-0.05, 0) is 32.6 Å². The van der Waals surface area contributed by atoms with Crippen LogP contribution in [-0.4, -0.2) is 59.6 Å². The van der Waals surface area contributed by atoms with Crippen LogP contribution in [0.25, 0.3) is 11.0 Å². The molecule has 4 unspecified atom stereocenters. The molecule has 0 aromatic carbocycles. The Morgan fingerprint density at radius 2 is 2.10 bits per heavy atom. The number of nitrogens with zero attached hydrogens (tertiary/aromatic N) is 4. The van der Waals surface area contributed by atoms with Gasteiger partial charge in [0.15, 0.2) is 23.5 Å². The Labute approximate surface area is 179 Å². The summed E-state index contributed by atoms with van der Waals surface area (Å²) in [5, 5.41) is 26.8. The molecule has 0 bridgehead atoms. The Hall–Kier alpha value is -1.66. The standard InChI is InChI=1S/C18H28N5O7P/c1-11(31(26,27)30-25)28-10-13-6-7-16(29-13)23-18-14(8-19-23)17(21-15(9-24)22-18)20-12-4-2-3-5-12/h8,11-13,16,24-25H,2-7,9-10H2,1H3,(H,26,27)(H,20,21,22). The van der Waals surface area contributed by atoms with E-state index in [1.807, 2.05) is 0 Å². The number of aliphatic hydroxyl groups excluding tert-OH is 1. The van der Waals surface area contributed by atoms with Crippen LogP contribution in [0.3, 0.4) is 0 Å². The highest BCUT2D eigenvalue weighted by atomic mass is 31.2. The Morgan fingerprint density at radius 1 is 1.32 bits per heavy atom. The zero-order chi connectivity index (χ0) is 22.0. The average Bonchev–Trinajstić information content (AvgIpc) is 3.52. The number of ether oxygens (including phenoxy) is 2. The summed E-state index contributed by atoms with van der Waals surface area (Å²) in [5.41, 5.74) is 0.577. The molecule has 0 spiro atoms. The van der Waals surface area contributed by atoms with Gasteiger partial charge in [-0.25, -0.2) is 19.9 Å². The van der Waals surface area contributed by atoms with Crippen molar-refractivity contribution in [2.24, 2.45) is 0 Å². The van der Waals surface area contributed by atoms with Gasteiger partial charge < -0.3 is 24.8 Å². The van der Waals surface area contributed by atoms with Crippen LogP contribution >= 0.6 is 7.60 Å². The fraction of sp³-hybridized carbons (Fsp3) is 0.722. The van der Waals surface area contributed by atoms with E-state index in [2.05, 4.69) is 25.1 Å². The van der Waals surface area contributed by atoms with Crippen molar-refractivity contribution in [2.75, 3.05) is 11.9 Å². The van der Waals surface area contributed by atoms with Gasteiger partial charge in [-0.1, -0.05) is 12.8 Å². The molecule has 31 heavy (non-hydrogen) atoms. The molecule has 0 amide bonds. The lowest BCUT2D eigenvalue weighted by molar-refractivity contribution is -0.154. The highest BCUT2D eigenvalue weighted by Crippen LogP contribution is 2.47. The van der Waals surface area contributed by atoms with Crippen molar-refractivity contribution < 1.29 is 34.0 Å². The first-order valence-corrected chi connectivity index (χ1v) is 12.1. The zero-order valence-corrected chi connectivity index (χ0v) is 18.1. The third-order valence-electron chi connectivity index (χ3n) is 5.80. The van der Waals surface area contributed by atoms with Crippen molar-refractivity contribution in [3.8, 4) is 0 Å². The summed E-state index contributed by atoms with van der Waals surface area (Å²) in [7, 11) is -4.23. The third kappa shape index (κ3) is 4.90. The molecule has 3 heterocycles. The molecule has 4 atom stereocenters. The summed E-state index contributed by atoms with van der Waals surface area (Å²) < 4.78 is 28.2. The lowest BCUT2D eigenvalue weighted by Crippen LogP contribution is -2.21. The van der Waals surface area contributed by atoms with Gasteiger partial charge in [-0.3, -0.25) is 4.57 Å². The van der Waals surface area contributed by atoms with Crippen LogP contribution in [0.1, 0.15) is 57.5 Å². The maximum atomic E-state index is 11.6. The van der Waals surface area contributed by atoms with E-state index >= 15 is 0 Å². The van der Waals surface area contributed by atoms with Crippen molar-refractivity contribution in [1.29, 1.82) is 0 Å². The van der Waals surface area contributed by atoms with Gasteiger partial charge in [0.2, 0.25) is 0 Å². The molecule has 1 saturated carbocycles. The van der Waals surface area contributed by atoms with Crippen LogP contribution in [-0.2, 0) is 25.3 Å². The van der Waals surface area contributed by atoms with E-state index in [0.29, 0.717) is 36.2 Å². The van der Waals surface area contributed by atoms with Crippen LogP contribution in [0.4, 0.5) is 5.82 Å². The Morgan fingerprint density at radius 3 is 2.81 bits per heavy atom. The minimum Gasteiger partial charge on any atom is -0.388 e. The number of anilines is 1. The summed E-state index contributed by atoms with van der Waals surface area (Å²) in [4.78, 5) is 18.3. The smallest absolute Gasteiger partial charge is 0.382 e. The number of rotatable bonds is 9. The van der Waals surface area contributed by atoms with Gasteiger partial charge in [-0.15, -0.1) is 4.67 Å². The van der Waals surface area contributed by atoms with E-state index in [1.54, 1.807) is 10.9 Å². The van der Waals surface area contributed by atoms with Crippen LogP contribution in [0.15, 0.2) is 6.20 Å². The lowest BCUT2D eigenvalue weighted by atomic mass is 10.2. The second kappa shape index (κ2) is 9.45. The Balaban J connectivity index is 1.48. The zero-order valence-electron chi connectivity index (χ0n) is 17.3. The second-order valence-electron chi connectivity index (χ2n) is 7.97. The topological polar surface area (TPSA) is 161 Å². The van der Waals surface area contributed by atoms with Crippen LogP contribution in [0, 0.1) is 0 Å². The number of hydrogen-bond donors (Lipinski definition) is 4. The van der Waals surface area contributed by atoms with Crippen molar-refractivity contribution in [3.63, 3.8) is 0 Å². The molecule has 13 heteroatoms. The van der Waals surface area contributed by atoms with Gasteiger partial charge in [0, 0.05) is 6.04 Å². The molecular formula is C18H28N5O7P. The van der Waals surface area contributed by atoms with Crippen molar-refractivity contribution in [1.82, 2.24) is 19.7 Å². The van der Waals surface area contributed by atoms with E-state index < -0.39 is 19.7 Å². The molecule has 12 nitrogen and oxygen atoms in total. The minimum atomic E-state index is -4.23. The highest BCUT2D eigenvalue weighted by molar-refractivity contribution is 7.53. The van der Waals surface area contributed by atoms with E-state index in [9.17, 15) is 14.6 Å². The first-order valence-electron chi connectivity index (χ1n) is 10.5. The molecule has 2 aromatic rings. The van der Waals surface area contributed by atoms with E-state index in [4.69, 9.17) is 14.7 Å². The summed E-state index contributed by atoms with van der Waals surface area (Å²) in [6.07, 6.45) is 6.83. The van der Waals surface area contributed by atoms with Gasteiger partial charge >= 0.3 is 7.60 Å². The first kappa shape index (κ1) is 22.5. The quantitative estimate of drug-likeness (QED) is 0.248. The maximum Gasteiger partial charge on any atom is 0.382 e. The Bertz CT molecular complexity index is 951. The normalized spacial score (nSPS) is 25.2. The molecule has 172 valence electrons. The molecule has 2 aromatic heterocycles. The predicted molar refractivity (Wildman–Crippen MR) is 109 cm³/mol. The monoisotopic (exact) mass is 457 g/mol. The highest BCUT2D eigenvalue weighted by Gasteiger charge is 2.34. The molecule has 1 aliphatic heterocycles. The number of hydrogen-bond acceptors (Lipinski definition) is 10. The summed E-state index contributed by atoms with van der Waals surface area (Å²) in [6, 6.07) is 0.352. The van der Waals surface area contributed by atoms with Crippen molar-refractivity contribution >= 4 is 24.4 Å². The number of fused-ring (bicyclic) bond motifs is 1. The van der Waals surface area contributed by atoms with Gasteiger partial charge in [0.25, 0.3) is 0 Å². The average molecular weight is 457 g/mol. The molecular weight excluding hydrogens is 429 g/mol. The largest absolute Gasteiger partial charge is 0.388 e. The van der Waals surface area contributed by atoms with E-state index in [1.165, 1.54) is 19.8 Å². The molecule has 1 aliphatic carbocycles. The number of aliphatic hydroxyl groups is 1. The molecule has 0 radical (unpaired) electrons. The SMILES string of the molecule is CC(OCC1CCC(n2ncc3c(NC4CCCC4)nc(CO)nc32)O1)P(=O)(O)OO. The fourth-order valence-electron chi connectivity index (χ4n) is 4.02. The van der Waals surface area contributed by atoms with E-state index in [0.717, 1.165) is 18.2 Å². The second-order valence-corrected chi connectivity index (χ2v) is 9.99. The van der Waals surface area contributed by atoms with Crippen LogP contribution < -0.4 is 5.32 Å². The van der Waals surface area contributed by atoms with Gasteiger partial charge in [0.05, 0.1) is 24.3 Å². The molecule has 2 fully saturated rings. The van der Waals surface area contributed by atoms with Crippen LogP contribution in [0.5, 0.6) is 0 Å². The number of nitrogens with one attached hydrogen (secondary N) is 1. The van der Waals surface area contributed by atoms with Crippen LogP contribution in [0.2, 0.25) is 0 Å². The fourth-order valence-corrected chi connectivity index (χ4v) is 4.43. The summed E-state index contributed by atoms with van der Waals surface area (Å²) >= 11 is 0. The molecule has 4 rings (SSSR count). The Kier molecular flexibility index (Phi) is 6.87. The molecule has 1 saturated heterocycles. The van der Waals surface area contributed by atoms with Crippen molar-refractivity contribution in [3.05, 3.63) is 12.0 Å². The van der Waals surface area contributed by atoms with Crippen molar-refractivity contribution in [2.45, 2.75) is 76.3 Å². The third-order valence-corrected chi connectivity index (χ3v) is 7.10. The van der Waals surface area contributed by atoms with Gasteiger partial charge in [-0.2, -0.15) is 5.10 Å².